The normalized spacial score (nSPS) is 16.8. The van der Waals surface area contributed by atoms with Crippen LogP contribution in [0.3, 0.4) is 0 Å². The first-order valence-electron chi connectivity index (χ1n) is 5.87. The molecule has 2 aromatic rings. The summed E-state index contributed by atoms with van der Waals surface area (Å²) in [4.78, 5) is 0. The van der Waals surface area contributed by atoms with Crippen LogP contribution in [0, 0.1) is 6.85 Å². The summed E-state index contributed by atoms with van der Waals surface area (Å²) in [6.07, 6.45) is -0.141. The van der Waals surface area contributed by atoms with Gasteiger partial charge in [0.15, 0.2) is 5.82 Å². The molecule has 0 saturated carbocycles. The summed E-state index contributed by atoms with van der Waals surface area (Å²) in [5.74, 6) is 0.187. The van der Waals surface area contributed by atoms with Gasteiger partial charge >= 0.3 is 0 Å². The molecular weight excluding hydrogens is 232 g/mol. The average Bonchev–Trinajstić information content (AvgIpc) is 2.56. The predicted octanol–water partition coefficient (Wildman–Crippen LogP) is 1.73. The molecule has 0 aliphatic rings. The Morgan fingerprint density at radius 3 is 3.00 bits per heavy atom. The Kier molecular flexibility index (Phi) is 1.08. The summed E-state index contributed by atoms with van der Waals surface area (Å²) in [7, 11) is 0. The first kappa shape index (κ1) is 4.32. The molecule has 13 heavy (non-hydrogen) atoms. The van der Waals surface area contributed by atoms with E-state index in [2.05, 4.69) is 31.2 Å². The van der Waals surface area contributed by atoms with Crippen LogP contribution in [0.5, 0.6) is 0 Å². The minimum Gasteiger partial charge on any atom is -0.220 e. The Morgan fingerprint density at radius 1 is 1.54 bits per heavy atom. The lowest BCUT2D eigenvalue weighted by atomic mass is 10.4. The standard InChI is InChI=1S/C8H7BrN4/c1-6-2-3-8(12-11-6)13-5-7(9)4-10-13/h2-5H,1H3/i1D3,4D,5D. The van der Waals surface area contributed by atoms with E-state index >= 15 is 0 Å². The molecule has 0 radical (unpaired) electrons. The van der Waals surface area contributed by atoms with Crippen LogP contribution >= 0.6 is 15.9 Å². The number of aryl methyl sites for hydroxylation is 1. The first-order valence-corrected chi connectivity index (χ1v) is 4.16. The van der Waals surface area contributed by atoms with E-state index in [4.69, 9.17) is 6.85 Å². The molecule has 0 bridgehead atoms. The summed E-state index contributed by atoms with van der Waals surface area (Å²) in [6, 6.07) is 2.69. The molecule has 0 amide bonds. The molecule has 0 aliphatic carbocycles. The molecular formula is C8H7BrN4. The zero-order valence-corrected chi connectivity index (χ0v) is 7.91. The van der Waals surface area contributed by atoms with E-state index in [9.17, 15) is 0 Å². The van der Waals surface area contributed by atoms with Gasteiger partial charge in [0.05, 0.1) is 19.1 Å². The van der Waals surface area contributed by atoms with Crippen molar-refractivity contribution in [3.05, 3.63) is 34.6 Å². The molecule has 4 nitrogen and oxygen atoms in total. The maximum absolute atomic E-state index is 7.68. The van der Waals surface area contributed by atoms with Gasteiger partial charge in [0.2, 0.25) is 0 Å². The SMILES string of the molecule is [2H]c1nn(-c2ccc(C([2H])([2H])[2H])nn2)c([2H])c1Br. The molecule has 0 atom stereocenters. The molecule has 2 aromatic heterocycles. The monoisotopic (exact) mass is 243 g/mol. The zero-order valence-electron chi connectivity index (χ0n) is 11.3. The summed E-state index contributed by atoms with van der Waals surface area (Å²) in [5.41, 5.74) is -0.130. The third kappa shape index (κ3) is 1.75. The molecule has 0 aromatic carbocycles. The molecule has 2 rings (SSSR count). The molecule has 0 unspecified atom stereocenters. The van der Waals surface area contributed by atoms with E-state index < -0.39 is 6.85 Å². The maximum atomic E-state index is 7.68. The lowest BCUT2D eigenvalue weighted by molar-refractivity contribution is 0.806. The van der Waals surface area contributed by atoms with Gasteiger partial charge in [0, 0.05) is 10.3 Å². The van der Waals surface area contributed by atoms with Crippen molar-refractivity contribution in [2.45, 2.75) is 6.85 Å². The number of halogens is 1. The number of nitrogens with zero attached hydrogens (tertiary/aromatic N) is 4. The van der Waals surface area contributed by atoms with Gasteiger partial charge < -0.3 is 0 Å². The van der Waals surface area contributed by atoms with Crippen LogP contribution in [0.4, 0.5) is 0 Å². The van der Waals surface area contributed by atoms with Crippen molar-refractivity contribution in [3.63, 3.8) is 0 Å². The molecule has 2 heterocycles. The van der Waals surface area contributed by atoms with Gasteiger partial charge in [0.25, 0.3) is 0 Å². The summed E-state index contributed by atoms with van der Waals surface area (Å²) < 4.78 is 37.9. The number of rotatable bonds is 1. The van der Waals surface area contributed by atoms with Gasteiger partial charge in [-0.15, -0.1) is 5.10 Å². The van der Waals surface area contributed by atoms with E-state index in [0.29, 0.717) is 0 Å². The quantitative estimate of drug-likeness (QED) is 0.767. The fraction of sp³-hybridized carbons (Fsp3) is 0.125. The third-order valence-corrected chi connectivity index (χ3v) is 1.67. The van der Waals surface area contributed by atoms with Crippen LogP contribution in [0.1, 0.15) is 12.5 Å². The highest BCUT2D eigenvalue weighted by Crippen LogP contribution is 2.09. The van der Waals surface area contributed by atoms with Crippen molar-refractivity contribution < 1.29 is 6.85 Å². The van der Waals surface area contributed by atoms with Crippen LogP contribution in [0.15, 0.2) is 29.0 Å². The van der Waals surface area contributed by atoms with Crippen molar-refractivity contribution in [2.24, 2.45) is 0 Å². The maximum Gasteiger partial charge on any atom is 0.175 e. The van der Waals surface area contributed by atoms with Gasteiger partial charge in [-0.25, -0.2) is 4.68 Å². The van der Waals surface area contributed by atoms with Crippen LogP contribution < -0.4 is 0 Å². The highest BCUT2D eigenvalue weighted by atomic mass is 79.9. The molecule has 0 spiro atoms. The summed E-state index contributed by atoms with van der Waals surface area (Å²) >= 11 is 3.05. The lowest BCUT2D eigenvalue weighted by Crippen LogP contribution is -1.99. The van der Waals surface area contributed by atoms with Gasteiger partial charge in [-0.3, -0.25) is 0 Å². The van der Waals surface area contributed by atoms with Gasteiger partial charge in [0.1, 0.15) is 0 Å². The minimum atomic E-state index is -2.32. The van der Waals surface area contributed by atoms with Crippen LogP contribution in [-0.2, 0) is 0 Å². The number of aromatic nitrogens is 4. The van der Waals surface area contributed by atoms with Crippen molar-refractivity contribution in [3.8, 4) is 5.82 Å². The Balaban J connectivity index is 2.44. The van der Waals surface area contributed by atoms with Crippen LogP contribution in [0.25, 0.3) is 5.82 Å². The Morgan fingerprint density at radius 2 is 2.46 bits per heavy atom. The van der Waals surface area contributed by atoms with Crippen LogP contribution in [0.2, 0.25) is 0 Å². The molecule has 5 heteroatoms. The van der Waals surface area contributed by atoms with Crippen molar-refractivity contribution in [1.29, 1.82) is 0 Å². The van der Waals surface area contributed by atoms with Crippen molar-refractivity contribution >= 4 is 15.9 Å². The van der Waals surface area contributed by atoms with Crippen molar-refractivity contribution in [2.75, 3.05) is 0 Å². The number of hydrogen-bond acceptors (Lipinski definition) is 3. The largest absolute Gasteiger partial charge is 0.220 e. The Bertz CT molecular complexity index is 576. The predicted molar refractivity (Wildman–Crippen MR) is 51.6 cm³/mol. The van der Waals surface area contributed by atoms with E-state index in [0.717, 1.165) is 4.68 Å². The smallest absolute Gasteiger partial charge is 0.175 e. The highest BCUT2D eigenvalue weighted by molar-refractivity contribution is 9.10. The van der Waals surface area contributed by atoms with E-state index in [1.807, 2.05) is 0 Å². The van der Waals surface area contributed by atoms with Crippen molar-refractivity contribution in [1.82, 2.24) is 20.0 Å². The second-order valence-corrected chi connectivity index (χ2v) is 3.02. The minimum absolute atomic E-state index is 0.0454. The Labute approximate surface area is 90.8 Å². The van der Waals surface area contributed by atoms with E-state index in [-0.39, 0.29) is 28.3 Å². The molecule has 0 saturated heterocycles. The third-order valence-electron chi connectivity index (χ3n) is 1.32. The van der Waals surface area contributed by atoms with Gasteiger partial charge in [-0.05, 0) is 34.9 Å². The fourth-order valence-corrected chi connectivity index (χ4v) is 1.03. The summed E-state index contributed by atoms with van der Waals surface area (Å²) in [5, 5.41) is 11.0. The number of hydrogen-bond donors (Lipinski definition) is 0. The van der Waals surface area contributed by atoms with Gasteiger partial charge in [-0.2, -0.15) is 10.2 Å². The summed E-state index contributed by atoms with van der Waals surface area (Å²) in [6.45, 7) is -2.32. The molecule has 0 fully saturated rings. The first-order chi connectivity index (χ1) is 8.30. The second kappa shape index (κ2) is 3.26. The van der Waals surface area contributed by atoms with Gasteiger partial charge in [-0.1, -0.05) is 0 Å². The lowest BCUT2D eigenvalue weighted by Gasteiger charge is -1.97. The van der Waals surface area contributed by atoms with E-state index in [1.54, 1.807) is 0 Å². The Hall–Kier alpha value is -1.23. The van der Waals surface area contributed by atoms with Crippen LogP contribution in [-0.4, -0.2) is 20.0 Å². The average molecular weight is 244 g/mol. The topological polar surface area (TPSA) is 43.6 Å². The second-order valence-electron chi connectivity index (χ2n) is 2.23. The zero-order chi connectivity index (χ0) is 13.5. The molecule has 0 aliphatic heterocycles. The highest BCUT2D eigenvalue weighted by Gasteiger charge is 1.99. The fourth-order valence-electron chi connectivity index (χ4n) is 0.784. The molecule has 66 valence electrons. The van der Waals surface area contributed by atoms with E-state index in [1.165, 1.54) is 12.1 Å². The molecule has 0 N–H and O–H groups in total.